The van der Waals surface area contributed by atoms with Gasteiger partial charge in [0.2, 0.25) is 0 Å². The fourth-order valence-corrected chi connectivity index (χ4v) is 8.73. The molecule has 2 aliphatic rings. The van der Waals surface area contributed by atoms with Crippen LogP contribution in [0.4, 0.5) is 11.4 Å². The molecular formula is C29H26K2N6O16S4. The normalized spacial score (nSPS) is 13.8. The Hall–Kier alpha value is -1.89. The first-order chi connectivity index (χ1) is 25.3. The molecule has 0 radical (unpaired) electrons. The first kappa shape index (κ1) is 49.5. The summed E-state index contributed by atoms with van der Waals surface area (Å²) >= 11 is 0. The van der Waals surface area contributed by atoms with E-state index in [-0.39, 0.29) is 190 Å². The summed E-state index contributed by atoms with van der Waals surface area (Å²) in [6.45, 7) is 1.30. The van der Waals surface area contributed by atoms with Crippen LogP contribution in [-0.4, -0.2) is 102 Å². The van der Waals surface area contributed by atoms with Gasteiger partial charge >= 0.3 is 103 Å². The van der Waals surface area contributed by atoms with Crippen LogP contribution in [-0.2, 0) is 40.5 Å². The summed E-state index contributed by atoms with van der Waals surface area (Å²) in [4.78, 5) is 45.9. The van der Waals surface area contributed by atoms with Crippen LogP contribution in [0.2, 0.25) is 0 Å². The predicted octanol–water partition coefficient (Wildman–Crippen LogP) is -7.19. The van der Waals surface area contributed by atoms with Crippen LogP contribution in [0.3, 0.4) is 0 Å². The molecule has 0 unspecified atom stereocenters. The van der Waals surface area contributed by atoms with Crippen molar-refractivity contribution < 1.29 is 174 Å². The Balaban J connectivity index is 0.000000295. The summed E-state index contributed by atoms with van der Waals surface area (Å²) < 4.78 is 136. The van der Waals surface area contributed by atoms with Crippen LogP contribution in [0.15, 0.2) is 49.9 Å². The van der Waals surface area contributed by atoms with Crippen LogP contribution in [0.25, 0.3) is 21.5 Å². The van der Waals surface area contributed by atoms with E-state index in [0.717, 1.165) is 30.3 Å². The molecule has 22 nitrogen and oxygen atoms in total. The van der Waals surface area contributed by atoms with E-state index in [1.165, 1.54) is 6.92 Å². The minimum atomic E-state index is -5.14. The van der Waals surface area contributed by atoms with Crippen LogP contribution in [0.1, 0.15) is 47.0 Å². The molecular weight excluding hydrogens is 895 g/mol. The third kappa shape index (κ3) is 9.86. The molecule has 4 aromatic rings. The van der Waals surface area contributed by atoms with Crippen LogP contribution in [0.5, 0.6) is 0 Å². The molecule has 0 aliphatic carbocycles. The topological polar surface area (TPSA) is 392 Å². The van der Waals surface area contributed by atoms with Gasteiger partial charge in [0.25, 0.3) is 43.9 Å². The molecule has 57 heavy (non-hydrogen) atoms. The number of imide groups is 2. The molecule has 0 atom stereocenters. The summed E-state index contributed by atoms with van der Waals surface area (Å²) in [5.74, 6) is -3.76. The first-order valence-corrected chi connectivity index (χ1v) is 20.8. The van der Waals surface area contributed by atoms with Crippen molar-refractivity contribution in [2.24, 2.45) is 11.5 Å². The number of hydrogen-bond acceptors (Lipinski definition) is 18. The van der Waals surface area contributed by atoms with E-state index in [1.54, 1.807) is 0 Å². The molecule has 6 rings (SSSR count). The molecule has 2 heterocycles. The summed E-state index contributed by atoms with van der Waals surface area (Å²) in [5, 5.41) is 8.66. The van der Waals surface area contributed by atoms with Gasteiger partial charge in [-0.1, -0.05) is 0 Å². The Morgan fingerprint density at radius 2 is 1.05 bits per heavy atom. The SMILES string of the molecule is Cc1c(S(=O)(=O)[O-])c(NCCN)c2cc(S(=O)(=O)[O-])cc3c2c1C(=O)NC3=O.NCCNc1c(S(=O)(=O)O)cc2c3c(cc(S(=O)(=O)O)cc13)C(=O)NC2=O.[K+].[K+]. The molecule has 0 bridgehead atoms. The Bertz CT molecular complexity index is 2870. The van der Waals surface area contributed by atoms with Crippen molar-refractivity contribution in [3.8, 4) is 0 Å². The Morgan fingerprint density at radius 3 is 1.53 bits per heavy atom. The Morgan fingerprint density at radius 1 is 0.614 bits per heavy atom. The zero-order valence-corrected chi connectivity index (χ0v) is 39.1. The van der Waals surface area contributed by atoms with Gasteiger partial charge < -0.3 is 31.2 Å². The standard InChI is InChI=1S/C15H15N3O8S2.C14H13N3O8S2.2K/c1-6-10-11-8(12(17-3-2-16)13(6)28(24,25)26)4-7(27(21,22)23)5-9(11)14(19)18-15(10)20;15-1-2-16-12-7-3-6(26(20,21)22)4-8-11(7)9(14(19)17-13(8)18)5-10(12)27(23,24)25;;/h4-5,17H,2-3,16H2,1H3,(H,18,19,20)(H,21,22,23)(H,24,25,26);3-5,16H,1-2,15H2,(H,17,18,19)(H,20,21,22)(H,23,24,25);;/q;;2*+1/p-2. The number of carbonyl (C=O) groups excluding carboxylic acids is 4. The van der Waals surface area contributed by atoms with E-state index in [1.807, 2.05) is 10.6 Å². The summed E-state index contributed by atoms with van der Waals surface area (Å²) in [6, 6.07) is 4.26. The molecule has 0 saturated heterocycles. The number of benzene rings is 4. The average molecular weight is 921 g/mol. The van der Waals surface area contributed by atoms with Crippen LogP contribution in [0, 0.1) is 6.92 Å². The maximum Gasteiger partial charge on any atom is 1.00 e. The molecule has 10 N–H and O–H groups in total. The largest absolute Gasteiger partial charge is 1.00 e. The molecule has 0 saturated carbocycles. The fourth-order valence-electron chi connectivity index (χ4n) is 6.06. The van der Waals surface area contributed by atoms with Crippen molar-refractivity contribution in [1.82, 2.24) is 10.6 Å². The van der Waals surface area contributed by atoms with Gasteiger partial charge in [-0.25, -0.2) is 16.8 Å². The number of nitrogens with two attached hydrogens (primary N) is 2. The maximum absolute atomic E-state index is 12.3. The second-order valence-electron chi connectivity index (χ2n) is 11.6. The van der Waals surface area contributed by atoms with Crippen LogP contribution >= 0.6 is 0 Å². The quantitative estimate of drug-likeness (QED) is 0.0416. The maximum atomic E-state index is 12.3. The monoisotopic (exact) mass is 920 g/mol. The molecule has 2 aliphatic heterocycles. The molecule has 0 spiro atoms. The van der Waals surface area contributed by atoms with Gasteiger partial charge in [-0.15, -0.1) is 0 Å². The third-order valence-electron chi connectivity index (χ3n) is 8.17. The van der Waals surface area contributed by atoms with Gasteiger partial charge in [0.1, 0.15) is 25.1 Å². The summed E-state index contributed by atoms with van der Waals surface area (Å²) in [5.41, 5.74) is 8.90. The molecule has 0 fully saturated rings. The molecule has 294 valence electrons. The average Bonchev–Trinajstić information content (AvgIpc) is 3.05. The van der Waals surface area contributed by atoms with Crippen molar-refractivity contribution in [2.45, 2.75) is 26.5 Å². The zero-order valence-electron chi connectivity index (χ0n) is 29.6. The molecule has 4 aromatic carbocycles. The summed E-state index contributed by atoms with van der Waals surface area (Å²) in [6.07, 6.45) is 0. The van der Waals surface area contributed by atoms with Gasteiger partial charge in [-0.05, 0) is 42.8 Å². The van der Waals surface area contributed by atoms with Gasteiger partial charge in [-0.3, -0.25) is 38.9 Å². The van der Waals surface area contributed by atoms with E-state index in [4.69, 9.17) is 11.5 Å². The van der Waals surface area contributed by atoms with Gasteiger partial charge in [0.05, 0.1) is 31.6 Å². The van der Waals surface area contributed by atoms with E-state index >= 15 is 0 Å². The fraction of sp³-hybridized carbons (Fsp3) is 0.172. The van der Waals surface area contributed by atoms with E-state index in [2.05, 4.69) is 10.6 Å². The number of anilines is 2. The smallest absolute Gasteiger partial charge is 0.744 e. The van der Waals surface area contributed by atoms with Crippen LogP contribution < -0.4 is 136 Å². The number of nitrogens with one attached hydrogen (secondary N) is 4. The molecule has 0 aromatic heterocycles. The van der Waals surface area contributed by atoms with E-state index < -0.39 is 83.7 Å². The van der Waals surface area contributed by atoms with Crippen molar-refractivity contribution in [1.29, 1.82) is 0 Å². The molecule has 28 heteroatoms. The molecule has 4 amide bonds. The van der Waals surface area contributed by atoms with Gasteiger partial charge in [0, 0.05) is 64.4 Å². The minimum absolute atomic E-state index is 0. The van der Waals surface area contributed by atoms with Crippen molar-refractivity contribution in [3.63, 3.8) is 0 Å². The van der Waals surface area contributed by atoms with Crippen molar-refractivity contribution >= 4 is 97.0 Å². The van der Waals surface area contributed by atoms with E-state index in [0.29, 0.717) is 0 Å². The first-order valence-electron chi connectivity index (χ1n) is 15.1. The van der Waals surface area contributed by atoms with Crippen molar-refractivity contribution in [3.05, 3.63) is 58.1 Å². The minimum Gasteiger partial charge on any atom is -0.744 e. The third-order valence-corrected chi connectivity index (χ3v) is 11.7. The van der Waals surface area contributed by atoms with Gasteiger partial charge in [0.15, 0.2) is 0 Å². The zero-order chi connectivity index (χ0) is 41.2. The van der Waals surface area contributed by atoms with Gasteiger partial charge in [-0.2, -0.15) is 16.8 Å². The second kappa shape index (κ2) is 18.0. The Labute approximate surface area is 408 Å². The van der Waals surface area contributed by atoms with E-state index in [9.17, 15) is 71.1 Å². The summed E-state index contributed by atoms with van der Waals surface area (Å²) in [7, 11) is -19.8. The number of carbonyl (C=O) groups is 4. The van der Waals surface area contributed by atoms with Crippen molar-refractivity contribution in [2.75, 3.05) is 36.8 Å². The number of rotatable bonds is 10. The predicted molar refractivity (Wildman–Crippen MR) is 187 cm³/mol. The number of amides is 4. The second-order valence-corrected chi connectivity index (χ2v) is 17.2. The Kier molecular flexibility index (Phi) is 15.6. The number of hydrogen-bond donors (Lipinski definition) is 8.